The Balaban J connectivity index is 2.53. The van der Waals surface area contributed by atoms with E-state index < -0.39 is 17.7 Å². The SMILES string of the molecule is CCNC(c1cc(F)ccc1C)c1ccc(F)cc1F. The minimum absolute atomic E-state index is 0.307. The lowest BCUT2D eigenvalue weighted by atomic mass is 9.94. The zero-order chi connectivity index (χ0) is 14.7. The fourth-order valence-corrected chi connectivity index (χ4v) is 2.25. The van der Waals surface area contributed by atoms with E-state index in [1.807, 2.05) is 13.8 Å². The van der Waals surface area contributed by atoms with Gasteiger partial charge in [0.2, 0.25) is 0 Å². The number of halogens is 3. The van der Waals surface area contributed by atoms with Crippen LogP contribution in [0, 0.1) is 24.4 Å². The van der Waals surface area contributed by atoms with E-state index in [2.05, 4.69) is 5.32 Å². The van der Waals surface area contributed by atoms with Crippen molar-refractivity contribution in [2.24, 2.45) is 0 Å². The Hall–Kier alpha value is -1.81. The molecule has 0 fully saturated rings. The van der Waals surface area contributed by atoms with Gasteiger partial charge in [0.05, 0.1) is 6.04 Å². The molecule has 0 spiro atoms. The highest BCUT2D eigenvalue weighted by atomic mass is 19.1. The average molecular weight is 279 g/mol. The molecular formula is C16H16F3N. The Kier molecular flexibility index (Phi) is 4.45. The maximum absolute atomic E-state index is 14.0. The Morgan fingerprint density at radius 2 is 1.60 bits per heavy atom. The van der Waals surface area contributed by atoms with E-state index in [-0.39, 0.29) is 5.82 Å². The van der Waals surface area contributed by atoms with Gasteiger partial charge in [0.25, 0.3) is 0 Å². The van der Waals surface area contributed by atoms with Crippen LogP contribution in [0.4, 0.5) is 13.2 Å². The third kappa shape index (κ3) is 3.02. The van der Waals surface area contributed by atoms with Crippen molar-refractivity contribution in [3.8, 4) is 0 Å². The molecule has 2 rings (SSSR count). The molecule has 1 unspecified atom stereocenters. The van der Waals surface area contributed by atoms with Crippen molar-refractivity contribution in [1.82, 2.24) is 5.32 Å². The number of benzene rings is 2. The highest BCUT2D eigenvalue weighted by Gasteiger charge is 2.19. The Morgan fingerprint density at radius 1 is 0.950 bits per heavy atom. The van der Waals surface area contributed by atoms with E-state index in [9.17, 15) is 13.2 Å². The summed E-state index contributed by atoms with van der Waals surface area (Å²) in [4.78, 5) is 0. The molecular weight excluding hydrogens is 263 g/mol. The third-order valence-electron chi connectivity index (χ3n) is 3.23. The lowest BCUT2D eigenvalue weighted by molar-refractivity contribution is 0.537. The summed E-state index contributed by atoms with van der Waals surface area (Å²) in [6.07, 6.45) is 0. The van der Waals surface area contributed by atoms with Gasteiger partial charge in [-0.25, -0.2) is 13.2 Å². The first-order valence-corrected chi connectivity index (χ1v) is 6.47. The van der Waals surface area contributed by atoms with Gasteiger partial charge in [-0.1, -0.05) is 19.1 Å². The molecule has 0 aliphatic carbocycles. The molecule has 4 heteroatoms. The second kappa shape index (κ2) is 6.09. The summed E-state index contributed by atoms with van der Waals surface area (Å²) in [6.45, 7) is 4.29. The van der Waals surface area contributed by atoms with Crippen LogP contribution in [0.2, 0.25) is 0 Å². The minimum Gasteiger partial charge on any atom is -0.306 e. The summed E-state index contributed by atoms with van der Waals surface area (Å²) in [5.41, 5.74) is 1.81. The van der Waals surface area contributed by atoms with Crippen LogP contribution < -0.4 is 5.32 Å². The molecule has 0 saturated heterocycles. The number of hydrogen-bond acceptors (Lipinski definition) is 1. The molecule has 2 aromatic rings. The lowest BCUT2D eigenvalue weighted by Gasteiger charge is -2.21. The topological polar surface area (TPSA) is 12.0 Å². The van der Waals surface area contributed by atoms with Crippen molar-refractivity contribution in [3.63, 3.8) is 0 Å². The lowest BCUT2D eigenvalue weighted by Crippen LogP contribution is -2.24. The number of aryl methyl sites for hydroxylation is 1. The molecule has 0 saturated carbocycles. The fourth-order valence-electron chi connectivity index (χ4n) is 2.25. The van der Waals surface area contributed by atoms with E-state index in [1.54, 1.807) is 6.07 Å². The van der Waals surface area contributed by atoms with Crippen LogP contribution in [-0.2, 0) is 0 Å². The first kappa shape index (κ1) is 14.6. The van der Waals surface area contributed by atoms with E-state index in [0.717, 1.165) is 11.6 Å². The van der Waals surface area contributed by atoms with Gasteiger partial charge in [0.15, 0.2) is 0 Å². The predicted molar refractivity (Wildman–Crippen MR) is 73.0 cm³/mol. The van der Waals surface area contributed by atoms with Gasteiger partial charge in [-0.3, -0.25) is 0 Å². The normalized spacial score (nSPS) is 12.4. The van der Waals surface area contributed by atoms with Crippen LogP contribution in [0.3, 0.4) is 0 Å². The van der Waals surface area contributed by atoms with Crippen molar-refractivity contribution in [2.45, 2.75) is 19.9 Å². The summed E-state index contributed by atoms with van der Waals surface area (Å²) in [6, 6.07) is 7.33. The molecule has 0 aliphatic rings. The second-order valence-corrected chi connectivity index (χ2v) is 4.66. The minimum atomic E-state index is -0.639. The van der Waals surface area contributed by atoms with Crippen LogP contribution in [0.25, 0.3) is 0 Å². The molecule has 0 amide bonds. The molecule has 1 N–H and O–H groups in total. The molecule has 0 heterocycles. The number of hydrogen-bond donors (Lipinski definition) is 1. The Labute approximate surface area is 116 Å². The molecule has 0 radical (unpaired) electrons. The van der Waals surface area contributed by atoms with Crippen molar-refractivity contribution >= 4 is 0 Å². The van der Waals surface area contributed by atoms with Crippen LogP contribution in [0.1, 0.15) is 29.7 Å². The Morgan fingerprint density at radius 3 is 2.25 bits per heavy atom. The van der Waals surface area contributed by atoms with Gasteiger partial charge < -0.3 is 5.32 Å². The smallest absolute Gasteiger partial charge is 0.131 e. The average Bonchev–Trinajstić information content (AvgIpc) is 2.40. The molecule has 0 aliphatic heterocycles. The van der Waals surface area contributed by atoms with Crippen LogP contribution >= 0.6 is 0 Å². The number of nitrogens with one attached hydrogen (secondary N) is 1. The second-order valence-electron chi connectivity index (χ2n) is 4.66. The van der Waals surface area contributed by atoms with Gasteiger partial charge >= 0.3 is 0 Å². The van der Waals surface area contributed by atoms with Gasteiger partial charge in [-0.15, -0.1) is 0 Å². The van der Waals surface area contributed by atoms with Gasteiger partial charge in [-0.05, 0) is 42.8 Å². The largest absolute Gasteiger partial charge is 0.306 e. The third-order valence-corrected chi connectivity index (χ3v) is 3.23. The molecule has 20 heavy (non-hydrogen) atoms. The van der Waals surface area contributed by atoms with Crippen LogP contribution in [-0.4, -0.2) is 6.54 Å². The molecule has 2 aromatic carbocycles. The van der Waals surface area contributed by atoms with Crippen LogP contribution in [0.5, 0.6) is 0 Å². The summed E-state index contributed by atoms with van der Waals surface area (Å²) >= 11 is 0. The van der Waals surface area contributed by atoms with E-state index >= 15 is 0 Å². The predicted octanol–water partition coefficient (Wildman–Crippen LogP) is 4.11. The maximum atomic E-state index is 14.0. The first-order valence-electron chi connectivity index (χ1n) is 6.47. The zero-order valence-corrected chi connectivity index (χ0v) is 11.4. The van der Waals surface area contributed by atoms with Gasteiger partial charge in [0.1, 0.15) is 17.5 Å². The van der Waals surface area contributed by atoms with Crippen molar-refractivity contribution < 1.29 is 13.2 Å². The summed E-state index contributed by atoms with van der Waals surface area (Å²) in [5, 5.41) is 3.11. The molecule has 1 nitrogen and oxygen atoms in total. The van der Waals surface area contributed by atoms with Crippen molar-refractivity contribution in [3.05, 3.63) is 70.5 Å². The fraction of sp³-hybridized carbons (Fsp3) is 0.250. The van der Waals surface area contributed by atoms with Crippen LogP contribution in [0.15, 0.2) is 36.4 Å². The maximum Gasteiger partial charge on any atom is 0.131 e. The van der Waals surface area contributed by atoms with Crippen molar-refractivity contribution in [1.29, 1.82) is 0 Å². The van der Waals surface area contributed by atoms with E-state index in [4.69, 9.17) is 0 Å². The monoisotopic (exact) mass is 279 g/mol. The summed E-state index contributed by atoms with van der Waals surface area (Å²) < 4.78 is 40.4. The summed E-state index contributed by atoms with van der Waals surface area (Å²) in [7, 11) is 0. The summed E-state index contributed by atoms with van der Waals surface area (Å²) in [5.74, 6) is -1.65. The standard InChI is InChI=1S/C16H16F3N/c1-3-20-16(13-7-6-12(18)9-15(13)19)14-8-11(17)5-4-10(14)2/h4-9,16,20H,3H2,1-2H3. The molecule has 0 aromatic heterocycles. The molecule has 1 atom stereocenters. The number of rotatable bonds is 4. The van der Waals surface area contributed by atoms with Crippen molar-refractivity contribution in [2.75, 3.05) is 6.54 Å². The van der Waals surface area contributed by atoms with E-state index in [0.29, 0.717) is 17.7 Å². The Bertz CT molecular complexity index is 611. The quantitative estimate of drug-likeness (QED) is 0.888. The van der Waals surface area contributed by atoms with E-state index in [1.165, 1.54) is 24.3 Å². The first-order chi connectivity index (χ1) is 9.52. The van der Waals surface area contributed by atoms with Gasteiger partial charge in [-0.2, -0.15) is 0 Å². The highest BCUT2D eigenvalue weighted by Crippen LogP contribution is 2.28. The highest BCUT2D eigenvalue weighted by molar-refractivity contribution is 5.38. The zero-order valence-electron chi connectivity index (χ0n) is 11.4. The molecule has 0 bridgehead atoms. The van der Waals surface area contributed by atoms with Gasteiger partial charge in [0, 0.05) is 11.6 Å². The molecule has 106 valence electrons.